The Labute approximate surface area is 114 Å². The molecule has 3 nitrogen and oxygen atoms in total. The van der Waals surface area contributed by atoms with Gasteiger partial charge in [0.25, 0.3) is 0 Å². The van der Waals surface area contributed by atoms with E-state index in [1.54, 1.807) is 0 Å². The molecule has 3 rings (SSSR count). The number of carbonyl (C=O) groups excluding carboxylic acids is 1. The smallest absolute Gasteiger partial charge is 0.315 e. The van der Waals surface area contributed by atoms with Gasteiger partial charge in [0.2, 0.25) is 0 Å². The van der Waals surface area contributed by atoms with Crippen LogP contribution in [0.25, 0.3) is 0 Å². The Morgan fingerprint density at radius 3 is 2.63 bits per heavy atom. The zero-order chi connectivity index (χ0) is 13.6. The lowest BCUT2D eigenvalue weighted by Crippen LogP contribution is -2.30. The normalized spacial score (nSPS) is 28.9. The molecule has 2 fully saturated rings. The maximum atomic E-state index is 11.9. The molecule has 0 aromatic heterocycles. The lowest BCUT2D eigenvalue weighted by molar-refractivity contribution is -0.146. The highest BCUT2D eigenvalue weighted by atomic mass is 16.5. The van der Waals surface area contributed by atoms with E-state index >= 15 is 0 Å². The van der Waals surface area contributed by atoms with Crippen molar-refractivity contribution in [2.45, 2.75) is 25.2 Å². The molecular formula is C16H21NO2. The van der Waals surface area contributed by atoms with Crippen molar-refractivity contribution in [3.05, 3.63) is 35.4 Å². The molecule has 3 heteroatoms. The van der Waals surface area contributed by atoms with Gasteiger partial charge < -0.3 is 10.1 Å². The number of methoxy groups -OCH3 is 1. The molecule has 0 amide bonds. The summed E-state index contributed by atoms with van der Waals surface area (Å²) in [5.41, 5.74) is 1.85. The van der Waals surface area contributed by atoms with E-state index in [4.69, 9.17) is 4.74 Å². The third-order valence-electron chi connectivity index (χ3n) is 4.78. The summed E-state index contributed by atoms with van der Waals surface area (Å²) < 4.78 is 4.91. The number of nitrogens with one attached hydrogen (secondary N) is 1. The fourth-order valence-corrected chi connectivity index (χ4v) is 3.42. The van der Waals surface area contributed by atoms with E-state index < -0.39 is 5.41 Å². The Bertz CT molecular complexity index is 499. The molecule has 1 aromatic carbocycles. The molecule has 102 valence electrons. The van der Waals surface area contributed by atoms with Crippen molar-refractivity contribution < 1.29 is 9.53 Å². The molecule has 2 aliphatic rings. The summed E-state index contributed by atoms with van der Waals surface area (Å²) in [6, 6.07) is 8.48. The molecular weight excluding hydrogens is 238 g/mol. The number of rotatable bonds is 3. The second-order valence-corrected chi connectivity index (χ2v) is 6.25. The van der Waals surface area contributed by atoms with Crippen LogP contribution < -0.4 is 5.32 Å². The van der Waals surface area contributed by atoms with Gasteiger partial charge in [-0.1, -0.05) is 24.3 Å². The Kier molecular flexibility index (Phi) is 2.90. The highest BCUT2D eigenvalue weighted by molar-refractivity contribution is 5.82. The van der Waals surface area contributed by atoms with Crippen LogP contribution in [-0.2, 0) is 14.9 Å². The fraction of sp³-hybridized carbons (Fsp3) is 0.562. The van der Waals surface area contributed by atoms with Crippen molar-refractivity contribution in [2.75, 3.05) is 20.2 Å². The number of carbonyl (C=O) groups is 1. The molecule has 2 unspecified atom stereocenters. The number of hydrogen-bond donors (Lipinski definition) is 1. The van der Waals surface area contributed by atoms with E-state index in [1.807, 2.05) is 19.9 Å². The van der Waals surface area contributed by atoms with Gasteiger partial charge in [0.1, 0.15) is 0 Å². The summed E-state index contributed by atoms with van der Waals surface area (Å²) in [5, 5.41) is 3.42. The molecule has 1 N–H and O–H groups in total. The second-order valence-electron chi connectivity index (χ2n) is 6.25. The van der Waals surface area contributed by atoms with Crippen LogP contribution in [0.4, 0.5) is 0 Å². The first kappa shape index (κ1) is 12.7. The summed E-state index contributed by atoms with van der Waals surface area (Å²) in [6.45, 7) is 6.13. The van der Waals surface area contributed by atoms with Gasteiger partial charge in [-0.05, 0) is 55.8 Å². The van der Waals surface area contributed by atoms with Gasteiger partial charge >= 0.3 is 5.97 Å². The Morgan fingerprint density at radius 1 is 1.32 bits per heavy atom. The van der Waals surface area contributed by atoms with Crippen molar-refractivity contribution in [1.82, 2.24) is 5.32 Å². The topological polar surface area (TPSA) is 38.3 Å². The first-order valence-corrected chi connectivity index (χ1v) is 6.95. The van der Waals surface area contributed by atoms with E-state index in [0.29, 0.717) is 5.92 Å². The van der Waals surface area contributed by atoms with Crippen molar-refractivity contribution in [1.29, 1.82) is 0 Å². The number of ether oxygens (including phenoxy) is 1. The van der Waals surface area contributed by atoms with E-state index in [2.05, 4.69) is 23.5 Å². The monoisotopic (exact) mass is 259 g/mol. The van der Waals surface area contributed by atoms with Crippen LogP contribution in [0.15, 0.2) is 24.3 Å². The van der Waals surface area contributed by atoms with Crippen molar-refractivity contribution in [3.8, 4) is 0 Å². The van der Waals surface area contributed by atoms with Crippen LogP contribution in [0.1, 0.15) is 30.9 Å². The summed E-state index contributed by atoms with van der Waals surface area (Å²) >= 11 is 0. The minimum absolute atomic E-state index is 0.178. The van der Waals surface area contributed by atoms with Gasteiger partial charge in [-0.3, -0.25) is 4.79 Å². The molecule has 1 saturated carbocycles. The minimum atomic E-state index is -0.576. The predicted molar refractivity (Wildman–Crippen MR) is 74.1 cm³/mol. The maximum Gasteiger partial charge on any atom is 0.315 e. The number of hydrogen-bond acceptors (Lipinski definition) is 3. The largest absolute Gasteiger partial charge is 0.468 e. The lowest BCUT2D eigenvalue weighted by Gasteiger charge is -2.22. The number of esters is 1. The summed E-state index contributed by atoms with van der Waals surface area (Å²) in [5.74, 6) is 2.12. The third kappa shape index (κ3) is 1.96. The maximum absolute atomic E-state index is 11.9. The van der Waals surface area contributed by atoms with Crippen LogP contribution >= 0.6 is 0 Å². The molecule has 1 saturated heterocycles. The molecule has 2 atom stereocenters. The van der Waals surface area contributed by atoms with Crippen molar-refractivity contribution in [2.24, 2.45) is 11.8 Å². The molecule has 1 aliphatic carbocycles. The summed E-state index contributed by atoms with van der Waals surface area (Å²) in [6.07, 6.45) is 0. The van der Waals surface area contributed by atoms with Crippen LogP contribution in [0, 0.1) is 11.8 Å². The van der Waals surface area contributed by atoms with Gasteiger partial charge in [-0.25, -0.2) is 0 Å². The quantitative estimate of drug-likeness (QED) is 0.845. The summed E-state index contributed by atoms with van der Waals surface area (Å²) in [7, 11) is 1.45. The van der Waals surface area contributed by atoms with Crippen LogP contribution in [0.2, 0.25) is 0 Å². The van der Waals surface area contributed by atoms with E-state index in [-0.39, 0.29) is 5.97 Å². The average Bonchev–Trinajstić information content (AvgIpc) is 2.91. The van der Waals surface area contributed by atoms with Crippen molar-refractivity contribution in [3.63, 3.8) is 0 Å². The number of fused-ring (bicyclic) bond motifs is 1. The van der Waals surface area contributed by atoms with Gasteiger partial charge in [0.05, 0.1) is 12.5 Å². The molecule has 1 aliphatic heterocycles. The molecule has 0 radical (unpaired) electrons. The first-order chi connectivity index (χ1) is 9.05. The standard InChI is InChI=1S/C16H21NO2/c1-16(2,15(18)19-3)11-6-4-5-10(7-11)14-12-8-17-9-13(12)14/h4-7,12-14,17H,8-9H2,1-3H3. The Hall–Kier alpha value is -1.35. The highest BCUT2D eigenvalue weighted by Crippen LogP contribution is 2.56. The Morgan fingerprint density at radius 2 is 2.00 bits per heavy atom. The molecule has 1 aromatic rings. The van der Waals surface area contributed by atoms with E-state index in [9.17, 15) is 4.79 Å². The molecule has 0 bridgehead atoms. The average molecular weight is 259 g/mol. The van der Waals surface area contributed by atoms with Gasteiger partial charge in [-0.2, -0.15) is 0 Å². The SMILES string of the molecule is COC(=O)C(C)(C)c1cccc(C2C3CNCC32)c1. The number of benzene rings is 1. The minimum Gasteiger partial charge on any atom is -0.468 e. The first-order valence-electron chi connectivity index (χ1n) is 6.95. The van der Waals surface area contributed by atoms with Gasteiger partial charge in [0.15, 0.2) is 0 Å². The fourth-order valence-electron chi connectivity index (χ4n) is 3.42. The highest BCUT2D eigenvalue weighted by Gasteiger charge is 2.53. The molecule has 19 heavy (non-hydrogen) atoms. The van der Waals surface area contributed by atoms with Crippen LogP contribution in [0.3, 0.4) is 0 Å². The van der Waals surface area contributed by atoms with Gasteiger partial charge in [0, 0.05) is 0 Å². The zero-order valence-corrected chi connectivity index (χ0v) is 11.8. The molecule has 0 spiro atoms. The molecule has 1 heterocycles. The van der Waals surface area contributed by atoms with E-state index in [0.717, 1.165) is 30.5 Å². The van der Waals surface area contributed by atoms with Crippen LogP contribution in [-0.4, -0.2) is 26.2 Å². The third-order valence-corrected chi connectivity index (χ3v) is 4.78. The lowest BCUT2D eigenvalue weighted by atomic mass is 9.83. The summed E-state index contributed by atoms with van der Waals surface area (Å²) in [4.78, 5) is 11.9. The van der Waals surface area contributed by atoms with Crippen LogP contribution in [0.5, 0.6) is 0 Å². The van der Waals surface area contributed by atoms with Gasteiger partial charge in [-0.15, -0.1) is 0 Å². The second kappa shape index (κ2) is 4.34. The van der Waals surface area contributed by atoms with E-state index in [1.165, 1.54) is 12.7 Å². The Balaban J connectivity index is 1.86. The van der Waals surface area contributed by atoms with Crippen molar-refractivity contribution >= 4 is 5.97 Å². The zero-order valence-electron chi connectivity index (χ0n) is 11.8. The predicted octanol–water partition coefficient (Wildman–Crippen LogP) is 2.07. The number of piperidine rings is 1.